The number of hydrogen-bond donors (Lipinski definition) is 2. The SMILES string of the molecule is COc1ccc(Cl)cc1NC/C=C(/C)C(=O)O. The molecule has 0 aromatic heterocycles. The van der Waals surface area contributed by atoms with Gasteiger partial charge >= 0.3 is 5.97 Å². The Morgan fingerprint density at radius 1 is 1.59 bits per heavy atom. The summed E-state index contributed by atoms with van der Waals surface area (Å²) in [6.07, 6.45) is 1.59. The number of rotatable bonds is 5. The van der Waals surface area contributed by atoms with Crippen LogP contribution in [0.4, 0.5) is 5.69 Å². The van der Waals surface area contributed by atoms with Crippen LogP contribution in [0.5, 0.6) is 5.75 Å². The third-order valence-electron chi connectivity index (χ3n) is 2.20. The molecule has 0 amide bonds. The number of halogens is 1. The van der Waals surface area contributed by atoms with Gasteiger partial charge in [-0.15, -0.1) is 0 Å². The first kappa shape index (κ1) is 13.4. The van der Waals surface area contributed by atoms with E-state index < -0.39 is 5.97 Å². The molecular formula is C12H14ClNO3. The molecule has 0 fully saturated rings. The topological polar surface area (TPSA) is 58.6 Å². The Balaban J connectivity index is 2.72. The predicted octanol–water partition coefficient (Wildman–Crippen LogP) is 2.79. The van der Waals surface area contributed by atoms with Crippen molar-refractivity contribution >= 4 is 23.3 Å². The number of hydrogen-bond acceptors (Lipinski definition) is 3. The molecule has 4 nitrogen and oxygen atoms in total. The molecule has 17 heavy (non-hydrogen) atoms. The van der Waals surface area contributed by atoms with Crippen LogP contribution < -0.4 is 10.1 Å². The molecule has 2 N–H and O–H groups in total. The van der Waals surface area contributed by atoms with Gasteiger partial charge in [-0.2, -0.15) is 0 Å². The number of anilines is 1. The summed E-state index contributed by atoms with van der Waals surface area (Å²) in [5.74, 6) is -0.263. The van der Waals surface area contributed by atoms with Gasteiger partial charge in [-0.1, -0.05) is 17.7 Å². The maximum absolute atomic E-state index is 10.6. The minimum Gasteiger partial charge on any atom is -0.495 e. The Hall–Kier alpha value is -1.68. The van der Waals surface area contributed by atoms with E-state index in [4.69, 9.17) is 21.4 Å². The van der Waals surface area contributed by atoms with Crippen LogP contribution in [0.25, 0.3) is 0 Å². The third kappa shape index (κ3) is 4.00. The van der Waals surface area contributed by atoms with Crippen molar-refractivity contribution in [2.75, 3.05) is 19.0 Å². The van der Waals surface area contributed by atoms with Gasteiger partial charge in [0.2, 0.25) is 0 Å². The summed E-state index contributed by atoms with van der Waals surface area (Å²) < 4.78 is 5.15. The van der Waals surface area contributed by atoms with Gasteiger partial charge in [0.15, 0.2) is 0 Å². The number of methoxy groups -OCH3 is 1. The van der Waals surface area contributed by atoms with Crippen LogP contribution in [0, 0.1) is 0 Å². The zero-order valence-electron chi connectivity index (χ0n) is 9.66. The first-order chi connectivity index (χ1) is 8.04. The summed E-state index contributed by atoms with van der Waals surface area (Å²) in [5.41, 5.74) is 1.02. The maximum atomic E-state index is 10.6. The first-order valence-corrected chi connectivity index (χ1v) is 5.40. The van der Waals surface area contributed by atoms with Crippen molar-refractivity contribution in [2.45, 2.75) is 6.92 Å². The van der Waals surface area contributed by atoms with Gasteiger partial charge in [0, 0.05) is 17.1 Å². The second-order valence-corrected chi connectivity index (χ2v) is 3.85. The highest BCUT2D eigenvalue weighted by Crippen LogP contribution is 2.27. The Morgan fingerprint density at radius 3 is 2.88 bits per heavy atom. The average molecular weight is 256 g/mol. The molecule has 0 atom stereocenters. The van der Waals surface area contributed by atoms with Crippen molar-refractivity contribution < 1.29 is 14.6 Å². The second kappa shape index (κ2) is 6.15. The molecule has 1 rings (SSSR count). The Labute approximate surface area is 105 Å². The van der Waals surface area contributed by atoms with E-state index in [0.717, 1.165) is 5.69 Å². The standard InChI is InChI=1S/C12H14ClNO3/c1-8(12(15)16)5-6-14-10-7-9(13)3-4-11(10)17-2/h3-5,7,14H,6H2,1-2H3,(H,15,16)/b8-5-. The molecule has 92 valence electrons. The molecule has 0 spiro atoms. The monoisotopic (exact) mass is 255 g/mol. The average Bonchev–Trinajstić information content (AvgIpc) is 2.29. The molecule has 0 saturated carbocycles. The molecule has 1 aromatic rings. The lowest BCUT2D eigenvalue weighted by Crippen LogP contribution is -2.04. The summed E-state index contributed by atoms with van der Waals surface area (Å²) in [5, 5.41) is 12.3. The molecule has 0 saturated heterocycles. The molecule has 5 heteroatoms. The summed E-state index contributed by atoms with van der Waals surface area (Å²) in [6, 6.07) is 5.20. The van der Waals surface area contributed by atoms with Gasteiger partial charge in [0.25, 0.3) is 0 Å². The summed E-state index contributed by atoms with van der Waals surface area (Å²) in [6.45, 7) is 1.94. The van der Waals surface area contributed by atoms with Crippen molar-refractivity contribution in [3.8, 4) is 5.75 Å². The van der Waals surface area contributed by atoms with E-state index in [1.165, 1.54) is 0 Å². The Morgan fingerprint density at radius 2 is 2.29 bits per heavy atom. The van der Waals surface area contributed by atoms with Crippen LogP contribution in [-0.4, -0.2) is 24.7 Å². The maximum Gasteiger partial charge on any atom is 0.331 e. The lowest BCUT2D eigenvalue weighted by molar-refractivity contribution is -0.132. The summed E-state index contributed by atoms with van der Waals surface area (Å²) in [7, 11) is 1.56. The number of nitrogens with one attached hydrogen (secondary N) is 1. The minimum atomic E-state index is -0.926. The van der Waals surface area contributed by atoms with E-state index in [1.807, 2.05) is 0 Å². The lowest BCUT2D eigenvalue weighted by atomic mass is 10.2. The lowest BCUT2D eigenvalue weighted by Gasteiger charge is -2.10. The minimum absolute atomic E-state index is 0.290. The molecule has 0 aliphatic heterocycles. The van der Waals surface area contributed by atoms with Crippen molar-refractivity contribution in [3.05, 3.63) is 34.9 Å². The van der Waals surface area contributed by atoms with Crippen LogP contribution in [0.1, 0.15) is 6.92 Å². The van der Waals surface area contributed by atoms with Crippen molar-refractivity contribution in [2.24, 2.45) is 0 Å². The summed E-state index contributed by atoms with van der Waals surface area (Å²) in [4.78, 5) is 10.6. The number of carbonyl (C=O) groups is 1. The molecule has 0 aliphatic carbocycles. The van der Waals surface area contributed by atoms with Crippen LogP contribution in [0.3, 0.4) is 0 Å². The molecule has 0 radical (unpaired) electrons. The Kier molecular flexibility index (Phi) is 4.84. The zero-order chi connectivity index (χ0) is 12.8. The fourth-order valence-electron chi connectivity index (χ4n) is 1.22. The fourth-order valence-corrected chi connectivity index (χ4v) is 1.39. The zero-order valence-corrected chi connectivity index (χ0v) is 10.4. The Bertz CT molecular complexity index is 443. The largest absolute Gasteiger partial charge is 0.495 e. The van der Waals surface area contributed by atoms with Gasteiger partial charge in [-0.05, 0) is 25.1 Å². The molecular weight excluding hydrogens is 242 g/mol. The number of ether oxygens (including phenoxy) is 1. The van der Waals surface area contributed by atoms with Crippen molar-refractivity contribution in [3.63, 3.8) is 0 Å². The normalized spacial score (nSPS) is 11.1. The van der Waals surface area contributed by atoms with E-state index in [0.29, 0.717) is 22.9 Å². The molecule has 0 aliphatic rings. The first-order valence-electron chi connectivity index (χ1n) is 5.02. The van der Waals surface area contributed by atoms with Gasteiger partial charge < -0.3 is 15.2 Å². The number of carboxylic acid groups (broad SMARTS) is 1. The molecule has 0 bridgehead atoms. The number of carboxylic acids is 1. The third-order valence-corrected chi connectivity index (χ3v) is 2.43. The highest BCUT2D eigenvalue weighted by molar-refractivity contribution is 6.30. The smallest absolute Gasteiger partial charge is 0.331 e. The van der Waals surface area contributed by atoms with Gasteiger partial charge in [0.1, 0.15) is 5.75 Å². The highest BCUT2D eigenvalue weighted by atomic mass is 35.5. The molecule has 0 heterocycles. The summed E-state index contributed by atoms with van der Waals surface area (Å²) >= 11 is 5.86. The number of aliphatic carboxylic acids is 1. The predicted molar refractivity (Wildman–Crippen MR) is 67.9 cm³/mol. The van der Waals surface area contributed by atoms with Crippen LogP contribution >= 0.6 is 11.6 Å². The quantitative estimate of drug-likeness (QED) is 0.795. The van der Waals surface area contributed by atoms with Crippen molar-refractivity contribution in [1.82, 2.24) is 0 Å². The fraction of sp³-hybridized carbons (Fsp3) is 0.250. The van der Waals surface area contributed by atoms with Crippen LogP contribution in [0.2, 0.25) is 5.02 Å². The van der Waals surface area contributed by atoms with E-state index in [9.17, 15) is 4.79 Å². The van der Waals surface area contributed by atoms with Crippen LogP contribution in [-0.2, 0) is 4.79 Å². The second-order valence-electron chi connectivity index (χ2n) is 3.42. The molecule has 1 aromatic carbocycles. The van der Waals surface area contributed by atoms with Crippen LogP contribution in [0.15, 0.2) is 29.8 Å². The van der Waals surface area contributed by atoms with Gasteiger partial charge in [0.05, 0.1) is 12.8 Å². The van der Waals surface area contributed by atoms with E-state index in [-0.39, 0.29) is 0 Å². The van der Waals surface area contributed by atoms with Crippen molar-refractivity contribution in [1.29, 1.82) is 0 Å². The molecule has 0 unspecified atom stereocenters. The highest BCUT2D eigenvalue weighted by Gasteiger charge is 2.03. The van der Waals surface area contributed by atoms with E-state index in [2.05, 4.69) is 5.32 Å². The number of benzene rings is 1. The van der Waals surface area contributed by atoms with E-state index >= 15 is 0 Å². The van der Waals surface area contributed by atoms with Gasteiger partial charge in [-0.25, -0.2) is 4.79 Å². The van der Waals surface area contributed by atoms with Gasteiger partial charge in [-0.3, -0.25) is 0 Å². The van der Waals surface area contributed by atoms with E-state index in [1.54, 1.807) is 38.3 Å².